The normalized spacial score (nSPS) is 10.6. The Labute approximate surface area is 179 Å². The van der Waals surface area contributed by atoms with Gasteiger partial charge in [-0.2, -0.15) is 0 Å². The lowest BCUT2D eigenvalue weighted by Crippen LogP contribution is -2.21. The maximum absolute atomic E-state index is 12.5. The van der Waals surface area contributed by atoms with Crippen LogP contribution in [0, 0.1) is 6.92 Å². The van der Waals surface area contributed by atoms with Crippen LogP contribution in [-0.4, -0.2) is 26.8 Å². The average molecular weight is 483 g/mol. The molecule has 0 aliphatic heterocycles. The number of benzene rings is 2. The van der Waals surface area contributed by atoms with Gasteiger partial charge in [-0.3, -0.25) is 9.59 Å². The molecule has 10 heteroatoms. The van der Waals surface area contributed by atoms with Gasteiger partial charge in [-0.15, -0.1) is 5.10 Å². The molecule has 1 heterocycles. The molecule has 144 valence electrons. The Morgan fingerprint density at radius 1 is 1.11 bits per heavy atom. The summed E-state index contributed by atoms with van der Waals surface area (Å²) in [4.78, 5) is 24.7. The third-order valence-electron chi connectivity index (χ3n) is 3.80. The van der Waals surface area contributed by atoms with Gasteiger partial charge in [0, 0.05) is 15.2 Å². The van der Waals surface area contributed by atoms with E-state index >= 15 is 0 Å². The number of amides is 2. The summed E-state index contributed by atoms with van der Waals surface area (Å²) >= 11 is 15.3. The fourth-order valence-corrected chi connectivity index (χ4v) is 2.97. The first-order chi connectivity index (χ1) is 13.3. The summed E-state index contributed by atoms with van der Waals surface area (Å²) in [7, 11) is 0. The number of hydrogen-bond donors (Lipinski definition) is 2. The lowest BCUT2D eigenvalue weighted by Gasteiger charge is -2.08. The number of halogens is 3. The number of nitrogens with one attached hydrogen (secondary N) is 2. The summed E-state index contributed by atoms with van der Waals surface area (Å²) in [5.74, 6) is -0.790. The lowest BCUT2D eigenvalue weighted by atomic mass is 10.2. The number of anilines is 2. The third-order valence-corrected chi connectivity index (χ3v) is 4.89. The molecule has 0 aliphatic carbocycles. The standard InChI is InChI=1S/C18H14BrCl2N5O2/c1-10-17(18(28)23-15-8-12(20)4-7-14(15)21)24-25-26(10)9-16(27)22-13-5-2-11(19)3-6-13/h2-8H,9H2,1H3,(H,22,27)(H,23,28). The first-order valence-electron chi connectivity index (χ1n) is 8.05. The highest BCUT2D eigenvalue weighted by Crippen LogP contribution is 2.26. The fraction of sp³-hybridized carbons (Fsp3) is 0.111. The molecule has 2 aromatic carbocycles. The van der Waals surface area contributed by atoms with Gasteiger partial charge in [0.1, 0.15) is 6.54 Å². The van der Waals surface area contributed by atoms with Crippen LogP contribution < -0.4 is 10.6 Å². The molecule has 3 aromatic rings. The summed E-state index contributed by atoms with van der Waals surface area (Å²) in [5.41, 5.74) is 1.55. The second-order valence-corrected chi connectivity index (χ2v) is 7.57. The molecule has 0 unspecified atom stereocenters. The van der Waals surface area contributed by atoms with E-state index in [1.54, 1.807) is 31.2 Å². The molecule has 0 spiro atoms. The molecule has 0 fully saturated rings. The minimum Gasteiger partial charge on any atom is -0.324 e. The number of carbonyl (C=O) groups excluding carboxylic acids is 2. The molecule has 0 atom stereocenters. The Balaban J connectivity index is 1.69. The van der Waals surface area contributed by atoms with E-state index < -0.39 is 5.91 Å². The Morgan fingerprint density at radius 2 is 1.82 bits per heavy atom. The molecule has 0 saturated heterocycles. The molecule has 1 aromatic heterocycles. The fourth-order valence-electron chi connectivity index (χ4n) is 2.36. The quantitative estimate of drug-likeness (QED) is 0.558. The zero-order chi connectivity index (χ0) is 20.3. The van der Waals surface area contributed by atoms with Crippen LogP contribution in [0.2, 0.25) is 10.0 Å². The van der Waals surface area contributed by atoms with Crippen LogP contribution in [0.4, 0.5) is 11.4 Å². The molecular formula is C18H14BrCl2N5O2. The zero-order valence-electron chi connectivity index (χ0n) is 14.5. The van der Waals surface area contributed by atoms with Crippen molar-refractivity contribution in [2.45, 2.75) is 13.5 Å². The van der Waals surface area contributed by atoms with Crippen molar-refractivity contribution in [3.05, 3.63) is 68.4 Å². The van der Waals surface area contributed by atoms with Crippen LogP contribution >= 0.6 is 39.1 Å². The molecule has 0 radical (unpaired) electrons. The van der Waals surface area contributed by atoms with Crippen molar-refractivity contribution in [3.8, 4) is 0 Å². The highest BCUT2D eigenvalue weighted by Gasteiger charge is 2.19. The van der Waals surface area contributed by atoms with E-state index in [0.29, 0.717) is 27.1 Å². The van der Waals surface area contributed by atoms with E-state index in [1.807, 2.05) is 12.1 Å². The highest BCUT2D eigenvalue weighted by atomic mass is 79.9. The van der Waals surface area contributed by atoms with Gasteiger partial charge in [-0.25, -0.2) is 4.68 Å². The molecule has 28 heavy (non-hydrogen) atoms. The Morgan fingerprint density at radius 3 is 2.54 bits per heavy atom. The molecule has 0 bridgehead atoms. The van der Waals surface area contributed by atoms with Crippen LogP contribution in [0.5, 0.6) is 0 Å². The first-order valence-corrected chi connectivity index (χ1v) is 9.60. The second-order valence-electron chi connectivity index (χ2n) is 5.81. The number of aromatic nitrogens is 3. The van der Waals surface area contributed by atoms with Crippen LogP contribution in [-0.2, 0) is 11.3 Å². The second kappa shape index (κ2) is 8.72. The van der Waals surface area contributed by atoms with E-state index in [-0.39, 0.29) is 18.1 Å². The van der Waals surface area contributed by atoms with E-state index in [4.69, 9.17) is 23.2 Å². The summed E-state index contributed by atoms with van der Waals surface area (Å²) < 4.78 is 2.26. The predicted octanol–water partition coefficient (Wildman–Crippen LogP) is 4.55. The Kier molecular flexibility index (Phi) is 6.33. The highest BCUT2D eigenvalue weighted by molar-refractivity contribution is 9.10. The van der Waals surface area contributed by atoms with E-state index in [0.717, 1.165) is 4.47 Å². The van der Waals surface area contributed by atoms with Crippen molar-refractivity contribution in [1.29, 1.82) is 0 Å². The number of carbonyl (C=O) groups is 2. The molecule has 2 amide bonds. The minimum absolute atomic E-state index is 0.0832. The SMILES string of the molecule is Cc1c(C(=O)Nc2cc(Cl)ccc2Cl)nnn1CC(=O)Nc1ccc(Br)cc1. The average Bonchev–Trinajstić information content (AvgIpc) is 3.00. The Hall–Kier alpha value is -2.42. The smallest absolute Gasteiger partial charge is 0.278 e. The Bertz CT molecular complexity index is 1040. The van der Waals surface area contributed by atoms with Crippen molar-refractivity contribution in [1.82, 2.24) is 15.0 Å². The maximum Gasteiger partial charge on any atom is 0.278 e. The number of nitrogens with zero attached hydrogens (tertiary/aromatic N) is 3. The van der Waals surface area contributed by atoms with Gasteiger partial charge in [0.15, 0.2) is 5.69 Å². The minimum atomic E-state index is -0.499. The lowest BCUT2D eigenvalue weighted by molar-refractivity contribution is -0.117. The van der Waals surface area contributed by atoms with Gasteiger partial charge in [-0.05, 0) is 49.4 Å². The summed E-state index contributed by atoms with van der Waals surface area (Å²) in [6, 6.07) is 11.9. The van der Waals surface area contributed by atoms with Crippen LogP contribution in [0.15, 0.2) is 46.9 Å². The van der Waals surface area contributed by atoms with Crippen molar-refractivity contribution in [3.63, 3.8) is 0 Å². The van der Waals surface area contributed by atoms with Crippen molar-refractivity contribution in [2.75, 3.05) is 10.6 Å². The maximum atomic E-state index is 12.5. The monoisotopic (exact) mass is 481 g/mol. The van der Waals surface area contributed by atoms with Gasteiger partial charge in [-0.1, -0.05) is 44.3 Å². The summed E-state index contributed by atoms with van der Waals surface area (Å²) in [5, 5.41) is 13.9. The van der Waals surface area contributed by atoms with E-state index in [2.05, 4.69) is 36.9 Å². The zero-order valence-corrected chi connectivity index (χ0v) is 17.6. The van der Waals surface area contributed by atoms with Gasteiger partial charge in [0.05, 0.1) is 16.4 Å². The predicted molar refractivity (Wildman–Crippen MR) is 112 cm³/mol. The van der Waals surface area contributed by atoms with E-state index in [1.165, 1.54) is 10.7 Å². The van der Waals surface area contributed by atoms with E-state index in [9.17, 15) is 9.59 Å². The molecule has 0 aliphatic rings. The van der Waals surface area contributed by atoms with Crippen LogP contribution in [0.1, 0.15) is 16.2 Å². The van der Waals surface area contributed by atoms with Gasteiger partial charge >= 0.3 is 0 Å². The summed E-state index contributed by atoms with van der Waals surface area (Å²) in [6.45, 7) is 1.57. The summed E-state index contributed by atoms with van der Waals surface area (Å²) in [6.07, 6.45) is 0. The molecule has 3 rings (SSSR count). The van der Waals surface area contributed by atoms with Gasteiger partial charge in [0.25, 0.3) is 5.91 Å². The molecule has 2 N–H and O–H groups in total. The topological polar surface area (TPSA) is 88.9 Å². The molecular weight excluding hydrogens is 469 g/mol. The van der Waals surface area contributed by atoms with Crippen molar-refractivity contribution < 1.29 is 9.59 Å². The van der Waals surface area contributed by atoms with Crippen molar-refractivity contribution in [2.24, 2.45) is 0 Å². The number of rotatable bonds is 5. The van der Waals surface area contributed by atoms with Crippen LogP contribution in [0.3, 0.4) is 0 Å². The number of hydrogen-bond acceptors (Lipinski definition) is 4. The van der Waals surface area contributed by atoms with Gasteiger partial charge < -0.3 is 10.6 Å². The molecule has 0 saturated carbocycles. The first kappa shape index (κ1) is 20.3. The van der Waals surface area contributed by atoms with Crippen molar-refractivity contribution >= 4 is 62.3 Å². The van der Waals surface area contributed by atoms with Gasteiger partial charge in [0.2, 0.25) is 5.91 Å². The van der Waals surface area contributed by atoms with Crippen LogP contribution in [0.25, 0.3) is 0 Å². The molecule has 7 nitrogen and oxygen atoms in total. The third kappa shape index (κ3) is 4.89. The largest absolute Gasteiger partial charge is 0.324 e.